The molecule has 0 fully saturated rings. The topological polar surface area (TPSA) is 58.2 Å². The minimum Gasteiger partial charge on any atom is -0.326 e. The molecule has 0 saturated carbocycles. The van der Waals surface area contributed by atoms with Crippen molar-refractivity contribution in [1.29, 1.82) is 0 Å². The predicted molar refractivity (Wildman–Crippen MR) is 78.5 cm³/mol. The zero-order valence-electron chi connectivity index (χ0n) is 11.4. The Kier molecular flexibility index (Phi) is 5.36. The van der Waals surface area contributed by atoms with Crippen molar-refractivity contribution in [2.75, 3.05) is 16.5 Å². The summed E-state index contributed by atoms with van der Waals surface area (Å²) in [7, 11) is 0. The van der Waals surface area contributed by atoms with Gasteiger partial charge in [0.15, 0.2) is 0 Å². The molecule has 0 aromatic heterocycles. The second-order valence-electron chi connectivity index (χ2n) is 4.95. The number of anilines is 2. The molecule has 1 aromatic rings. The molecule has 0 atom stereocenters. The standard InChI is InChI=1S/C14H19ClN2O2/c1-4-12(18)16-10-5-7-11(8-6-10)17-13(19)14(2,3)9-15/h5-8H,4,9H2,1-3H3,(H,16,18)(H,17,19). The van der Waals surface area contributed by atoms with Crippen molar-refractivity contribution in [3.05, 3.63) is 24.3 Å². The van der Waals surface area contributed by atoms with Crippen LogP contribution in [0.25, 0.3) is 0 Å². The van der Waals surface area contributed by atoms with Crippen molar-refractivity contribution >= 4 is 34.8 Å². The van der Waals surface area contributed by atoms with Crippen molar-refractivity contribution in [2.45, 2.75) is 27.2 Å². The Morgan fingerprint density at radius 1 is 1.11 bits per heavy atom. The first-order valence-corrected chi connectivity index (χ1v) is 6.70. The van der Waals surface area contributed by atoms with Crippen LogP contribution in [-0.4, -0.2) is 17.7 Å². The van der Waals surface area contributed by atoms with Crippen LogP contribution in [0.4, 0.5) is 11.4 Å². The Hall–Kier alpha value is -1.55. The fraction of sp³-hybridized carbons (Fsp3) is 0.429. The van der Waals surface area contributed by atoms with Crippen molar-refractivity contribution in [2.24, 2.45) is 5.41 Å². The van der Waals surface area contributed by atoms with Crippen LogP contribution >= 0.6 is 11.6 Å². The molecule has 0 bridgehead atoms. The van der Waals surface area contributed by atoms with Crippen molar-refractivity contribution < 1.29 is 9.59 Å². The second kappa shape index (κ2) is 6.57. The van der Waals surface area contributed by atoms with Crippen LogP contribution in [0.1, 0.15) is 27.2 Å². The maximum absolute atomic E-state index is 11.9. The summed E-state index contributed by atoms with van der Waals surface area (Å²) in [5.74, 6) is 0.0802. The van der Waals surface area contributed by atoms with Gasteiger partial charge in [-0.15, -0.1) is 11.6 Å². The second-order valence-corrected chi connectivity index (χ2v) is 5.22. The highest BCUT2D eigenvalue weighted by atomic mass is 35.5. The van der Waals surface area contributed by atoms with Gasteiger partial charge in [-0.25, -0.2) is 0 Å². The minimum atomic E-state index is -0.614. The number of benzene rings is 1. The van der Waals surface area contributed by atoms with Gasteiger partial charge in [0.2, 0.25) is 11.8 Å². The molecule has 2 amide bonds. The molecular weight excluding hydrogens is 264 g/mol. The summed E-state index contributed by atoms with van der Waals surface area (Å²) in [6, 6.07) is 6.98. The fourth-order valence-electron chi connectivity index (χ4n) is 1.25. The van der Waals surface area contributed by atoms with E-state index in [1.807, 2.05) is 0 Å². The summed E-state index contributed by atoms with van der Waals surface area (Å²) in [4.78, 5) is 23.1. The molecule has 0 aliphatic heterocycles. The molecule has 1 aromatic carbocycles. The number of carbonyl (C=O) groups is 2. The monoisotopic (exact) mass is 282 g/mol. The first-order valence-electron chi connectivity index (χ1n) is 6.16. The first kappa shape index (κ1) is 15.5. The van der Waals surface area contributed by atoms with E-state index in [-0.39, 0.29) is 17.7 Å². The van der Waals surface area contributed by atoms with Crippen LogP contribution in [0.15, 0.2) is 24.3 Å². The van der Waals surface area contributed by atoms with Crippen molar-refractivity contribution in [3.8, 4) is 0 Å². The molecular formula is C14H19ClN2O2. The average Bonchev–Trinajstić information content (AvgIpc) is 2.40. The molecule has 4 nitrogen and oxygen atoms in total. The van der Waals surface area contributed by atoms with Crippen LogP contribution in [0.2, 0.25) is 0 Å². The summed E-state index contributed by atoms with van der Waals surface area (Å²) in [6.07, 6.45) is 0.433. The molecule has 2 N–H and O–H groups in total. The van der Waals surface area contributed by atoms with E-state index in [1.54, 1.807) is 45.0 Å². The maximum Gasteiger partial charge on any atom is 0.231 e. The number of nitrogens with one attached hydrogen (secondary N) is 2. The van der Waals surface area contributed by atoms with Crippen molar-refractivity contribution in [1.82, 2.24) is 0 Å². The van der Waals surface area contributed by atoms with E-state index in [0.717, 1.165) is 0 Å². The summed E-state index contributed by atoms with van der Waals surface area (Å²) in [5, 5.41) is 5.53. The number of carbonyl (C=O) groups excluding carboxylic acids is 2. The third-order valence-corrected chi connectivity index (χ3v) is 3.36. The third kappa shape index (κ3) is 4.56. The SMILES string of the molecule is CCC(=O)Nc1ccc(NC(=O)C(C)(C)CCl)cc1. The maximum atomic E-state index is 11.9. The van der Waals surface area contributed by atoms with Gasteiger partial charge >= 0.3 is 0 Å². The molecule has 5 heteroatoms. The summed E-state index contributed by atoms with van der Waals surface area (Å²) in [6.45, 7) is 5.36. The van der Waals surface area contributed by atoms with Crippen molar-refractivity contribution in [3.63, 3.8) is 0 Å². The number of hydrogen-bond acceptors (Lipinski definition) is 2. The normalized spacial score (nSPS) is 10.9. The molecule has 1 rings (SSSR count). The van der Waals surface area contributed by atoms with E-state index >= 15 is 0 Å². The molecule has 0 aliphatic rings. The lowest BCUT2D eigenvalue weighted by atomic mass is 9.95. The fourth-order valence-corrected chi connectivity index (χ4v) is 1.37. The van der Waals surface area contributed by atoms with Gasteiger partial charge in [0, 0.05) is 23.7 Å². The summed E-state index contributed by atoms with van der Waals surface area (Å²) in [5.41, 5.74) is 0.774. The smallest absolute Gasteiger partial charge is 0.231 e. The van der Waals surface area contributed by atoms with Gasteiger partial charge in [-0.1, -0.05) is 6.92 Å². The van der Waals surface area contributed by atoms with E-state index in [1.165, 1.54) is 0 Å². The Morgan fingerprint density at radius 3 is 2.00 bits per heavy atom. The number of hydrogen-bond donors (Lipinski definition) is 2. The van der Waals surface area contributed by atoms with Crippen LogP contribution in [0.5, 0.6) is 0 Å². The lowest BCUT2D eigenvalue weighted by Crippen LogP contribution is -2.32. The van der Waals surface area contributed by atoms with Crippen LogP contribution < -0.4 is 10.6 Å². The van der Waals surface area contributed by atoms with Crippen LogP contribution in [0, 0.1) is 5.41 Å². The van der Waals surface area contributed by atoms with Gasteiger partial charge in [-0.2, -0.15) is 0 Å². The van der Waals surface area contributed by atoms with Gasteiger partial charge in [0.05, 0.1) is 5.41 Å². The third-order valence-electron chi connectivity index (χ3n) is 2.70. The quantitative estimate of drug-likeness (QED) is 0.815. The predicted octanol–water partition coefficient (Wildman–Crippen LogP) is 3.24. The highest BCUT2D eigenvalue weighted by Crippen LogP contribution is 2.21. The molecule has 104 valence electrons. The van der Waals surface area contributed by atoms with Gasteiger partial charge in [0.1, 0.15) is 0 Å². The highest BCUT2D eigenvalue weighted by Gasteiger charge is 2.26. The summed E-state index contributed by atoms with van der Waals surface area (Å²) >= 11 is 5.74. The lowest BCUT2D eigenvalue weighted by Gasteiger charge is -2.20. The Morgan fingerprint density at radius 2 is 1.58 bits per heavy atom. The summed E-state index contributed by atoms with van der Waals surface area (Å²) < 4.78 is 0. The van der Waals surface area contributed by atoms with Gasteiger partial charge in [-0.3, -0.25) is 9.59 Å². The number of amides is 2. The molecule has 0 unspecified atom stereocenters. The molecule has 0 saturated heterocycles. The molecule has 0 heterocycles. The van der Waals surface area contributed by atoms with Gasteiger partial charge in [-0.05, 0) is 38.1 Å². The van der Waals surface area contributed by atoms with Crippen LogP contribution in [-0.2, 0) is 9.59 Å². The zero-order valence-corrected chi connectivity index (χ0v) is 12.2. The largest absolute Gasteiger partial charge is 0.326 e. The Bertz CT molecular complexity index is 455. The number of alkyl halides is 1. The molecule has 19 heavy (non-hydrogen) atoms. The average molecular weight is 283 g/mol. The van der Waals surface area contributed by atoms with E-state index in [0.29, 0.717) is 17.8 Å². The minimum absolute atomic E-state index is 0.0416. The van der Waals surface area contributed by atoms with Gasteiger partial charge < -0.3 is 10.6 Å². The Labute approximate surface area is 118 Å². The van der Waals surface area contributed by atoms with Gasteiger partial charge in [0.25, 0.3) is 0 Å². The highest BCUT2D eigenvalue weighted by molar-refractivity contribution is 6.20. The van der Waals surface area contributed by atoms with E-state index in [9.17, 15) is 9.59 Å². The lowest BCUT2D eigenvalue weighted by molar-refractivity contribution is -0.123. The number of rotatable bonds is 5. The van der Waals surface area contributed by atoms with Crippen LogP contribution in [0.3, 0.4) is 0 Å². The zero-order chi connectivity index (χ0) is 14.5. The Balaban J connectivity index is 2.67. The molecule has 0 spiro atoms. The number of halogens is 1. The first-order chi connectivity index (χ1) is 8.89. The molecule has 0 aliphatic carbocycles. The molecule has 0 radical (unpaired) electrons. The van der Waals surface area contributed by atoms with E-state index < -0.39 is 5.41 Å². The van der Waals surface area contributed by atoms with E-state index in [2.05, 4.69) is 10.6 Å². The van der Waals surface area contributed by atoms with E-state index in [4.69, 9.17) is 11.6 Å².